The van der Waals surface area contributed by atoms with Crippen molar-refractivity contribution in [2.24, 2.45) is 0 Å². The molecule has 1 N–H and O–H groups in total. The van der Waals surface area contributed by atoms with Crippen molar-refractivity contribution >= 4 is 22.4 Å². The maximum Gasteiger partial charge on any atom is 0.244 e. The Bertz CT molecular complexity index is 948. The van der Waals surface area contributed by atoms with E-state index in [1.807, 2.05) is 46.6 Å². The van der Waals surface area contributed by atoms with E-state index in [0.29, 0.717) is 5.13 Å². The number of amides is 1. The maximum atomic E-state index is 12.8. The highest BCUT2D eigenvalue weighted by Gasteiger charge is 2.34. The molecular weight excluding hydrogens is 372 g/mol. The Morgan fingerprint density at radius 2 is 2.04 bits per heavy atom. The highest BCUT2D eigenvalue weighted by atomic mass is 32.1. The molecule has 2 bridgehead atoms. The molecule has 1 aromatic carbocycles. The van der Waals surface area contributed by atoms with Crippen molar-refractivity contribution in [3.05, 3.63) is 48.1 Å². The second kappa shape index (κ2) is 7.46. The number of aromatic nitrogens is 3. The number of hydrogen-bond donors (Lipinski definition) is 1. The van der Waals surface area contributed by atoms with E-state index in [1.54, 1.807) is 6.20 Å². The number of nitrogens with one attached hydrogen (secondary N) is 1. The number of piperazine rings is 1. The predicted octanol–water partition coefficient (Wildman–Crippen LogP) is 2.32. The lowest BCUT2D eigenvalue weighted by molar-refractivity contribution is -0.122. The molecule has 3 saturated heterocycles. The Morgan fingerprint density at radius 1 is 1.14 bits per heavy atom. The number of benzene rings is 1. The summed E-state index contributed by atoms with van der Waals surface area (Å²) in [6.07, 6.45) is 4.81. The first-order chi connectivity index (χ1) is 13.8. The molecule has 0 spiro atoms. The van der Waals surface area contributed by atoms with E-state index < -0.39 is 0 Å². The van der Waals surface area contributed by atoms with E-state index in [1.165, 1.54) is 11.3 Å². The number of nitrogens with zero attached hydrogens (tertiary/aromatic N) is 5. The summed E-state index contributed by atoms with van der Waals surface area (Å²) in [5.41, 5.74) is 2.90. The second-order valence-corrected chi connectivity index (χ2v) is 8.09. The van der Waals surface area contributed by atoms with Crippen molar-refractivity contribution in [2.75, 3.05) is 38.0 Å². The zero-order chi connectivity index (χ0) is 18.9. The van der Waals surface area contributed by atoms with Crippen molar-refractivity contribution in [3.8, 4) is 16.9 Å². The molecule has 3 aromatic rings. The molecule has 0 radical (unpaired) electrons. The van der Waals surface area contributed by atoms with Gasteiger partial charge in [0.1, 0.15) is 6.04 Å². The molecule has 3 aliphatic heterocycles. The van der Waals surface area contributed by atoms with E-state index >= 15 is 0 Å². The van der Waals surface area contributed by atoms with Crippen LogP contribution in [0, 0.1) is 0 Å². The van der Waals surface area contributed by atoms with E-state index in [4.69, 9.17) is 0 Å². The van der Waals surface area contributed by atoms with Crippen LogP contribution in [0.3, 0.4) is 0 Å². The van der Waals surface area contributed by atoms with Crippen LogP contribution in [0.1, 0.15) is 6.42 Å². The number of rotatable bonds is 4. The first-order valence-corrected chi connectivity index (χ1v) is 10.5. The highest BCUT2D eigenvalue weighted by molar-refractivity contribution is 7.14. The molecule has 6 rings (SSSR count). The lowest BCUT2D eigenvalue weighted by Crippen LogP contribution is -2.55. The average molecular weight is 395 g/mol. The zero-order valence-electron chi connectivity index (χ0n) is 15.5. The molecule has 0 aliphatic carbocycles. The average Bonchev–Trinajstić information content (AvgIpc) is 3.32. The number of thiazole rings is 1. The molecule has 3 fully saturated rings. The molecule has 0 saturated carbocycles. The van der Waals surface area contributed by atoms with Gasteiger partial charge < -0.3 is 5.32 Å². The van der Waals surface area contributed by atoms with Gasteiger partial charge in [-0.2, -0.15) is 5.10 Å². The Morgan fingerprint density at radius 3 is 2.86 bits per heavy atom. The van der Waals surface area contributed by atoms with Crippen LogP contribution in [-0.2, 0) is 4.79 Å². The van der Waals surface area contributed by atoms with Crippen LogP contribution in [0.25, 0.3) is 16.9 Å². The van der Waals surface area contributed by atoms with Crippen LogP contribution in [-0.4, -0.2) is 69.2 Å². The van der Waals surface area contributed by atoms with Crippen molar-refractivity contribution in [1.82, 2.24) is 24.6 Å². The Kier molecular flexibility index (Phi) is 4.67. The van der Waals surface area contributed by atoms with Gasteiger partial charge in [-0.05, 0) is 31.2 Å². The number of fused-ring (bicyclic) bond motifs is 4. The van der Waals surface area contributed by atoms with Crippen LogP contribution in [0.5, 0.6) is 0 Å². The largest absolute Gasteiger partial charge is 0.301 e. The molecule has 3 aliphatic rings. The van der Waals surface area contributed by atoms with Gasteiger partial charge in [-0.1, -0.05) is 12.1 Å². The third kappa shape index (κ3) is 3.46. The third-order valence-electron chi connectivity index (χ3n) is 5.46. The molecular formula is C20H22N6OS. The highest BCUT2D eigenvalue weighted by Crippen LogP contribution is 2.26. The minimum absolute atomic E-state index is 0.0570. The quantitative estimate of drug-likeness (QED) is 0.736. The van der Waals surface area contributed by atoms with E-state index in [2.05, 4.69) is 25.2 Å². The first kappa shape index (κ1) is 17.5. The van der Waals surface area contributed by atoms with Crippen molar-refractivity contribution in [2.45, 2.75) is 12.5 Å². The monoisotopic (exact) mass is 394 g/mol. The van der Waals surface area contributed by atoms with Gasteiger partial charge in [-0.15, -0.1) is 11.3 Å². The molecule has 3 atom stereocenters. The van der Waals surface area contributed by atoms with Crippen LogP contribution in [0.15, 0.2) is 48.1 Å². The van der Waals surface area contributed by atoms with Crippen molar-refractivity contribution < 1.29 is 4.79 Å². The van der Waals surface area contributed by atoms with Crippen LogP contribution in [0.2, 0.25) is 0 Å². The Labute approximate surface area is 167 Å². The standard InChI is InChI=1S/C20H22N6OS/c27-19(18-13-24-8-2-9-25(18)12-11-24)23-20-22-17(14-28-20)15-3-5-16(6-4-15)26-10-1-7-21-26/h1,3-7,10,14,18H,2,8-9,11-13H2,(H,22,23,27). The predicted molar refractivity (Wildman–Crippen MR) is 110 cm³/mol. The summed E-state index contributed by atoms with van der Waals surface area (Å²) in [5.74, 6) is 0.0570. The smallest absolute Gasteiger partial charge is 0.244 e. The summed E-state index contributed by atoms with van der Waals surface area (Å²) in [5, 5.41) is 9.92. The van der Waals surface area contributed by atoms with E-state index in [-0.39, 0.29) is 11.9 Å². The van der Waals surface area contributed by atoms with Gasteiger partial charge in [0.2, 0.25) is 5.91 Å². The van der Waals surface area contributed by atoms with Gasteiger partial charge in [-0.25, -0.2) is 9.67 Å². The fourth-order valence-electron chi connectivity index (χ4n) is 3.95. The molecule has 3 unspecified atom stereocenters. The normalized spacial score (nSPS) is 24.1. The second-order valence-electron chi connectivity index (χ2n) is 7.23. The van der Waals surface area contributed by atoms with Gasteiger partial charge in [0, 0.05) is 49.5 Å². The Balaban J connectivity index is 1.28. The number of anilines is 1. The minimum atomic E-state index is -0.0723. The summed E-state index contributed by atoms with van der Waals surface area (Å²) < 4.78 is 1.82. The van der Waals surface area contributed by atoms with Gasteiger partial charge in [0.25, 0.3) is 0 Å². The first-order valence-electron chi connectivity index (χ1n) is 9.59. The molecule has 144 valence electrons. The van der Waals surface area contributed by atoms with Crippen molar-refractivity contribution in [3.63, 3.8) is 0 Å². The molecule has 5 heterocycles. The third-order valence-corrected chi connectivity index (χ3v) is 6.22. The number of carbonyl (C=O) groups excluding carboxylic acids is 1. The SMILES string of the molecule is O=C(Nc1nc(-c2ccc(-n3cccn3)cc2)cs1)C1CN2CCCN1CC2. The fourth-order valence-corrected chi connectivity index (χ4v) is 4.68. The lowest BCUT2D eigenvalue weighted by atomic mass is 10.1. The molecule has 28 heavy (non-hydrogen) atoms. The minimum Gasteiger partial charge on any atom is -0.301 e. The molecule has 2 aromatic heterocycles. The van der Waals surface area contributed by atoms with Gasteiger partial charge >= 0.3 is 0 Å². The van der Waals surface area contributed by atoms with Crippen LogP contribution in [0.4, 0.5) is 5.13 Å². The van der Waals surface area contributed by atoms with Crippen molar-refractivity contribution in [1.29, 1.82) is 0 Å². The van der Waals surface area contributed by atoms with Gasteiger partial charge in [-0.3, -0.25) is 14.6 Å². The van der Waals surface area contributed by atoms with Crippen LogP contribution < -0.4 is 5.32 Å². The summed E-state index contributed by atoms with van der Waals surface area (Å²) in [7, 11) is 0. The topological polar surface area (TPSA) is 66.3 Å². The summed E-state index contributed by atoms with van der Waals surface area (Å²) in [4.78, 5) is 22.1. The zero-order valence-corrected chi connectivity index (χ0v) is 16.3. The fraction of sp³-hybridized carbons (Fsp3) is 0.350. The molecule has 7 nitrogen and oxygen atoms in total. The summed E-state index contributed by atoms with van der Waals surface area (Å²) in [6.45, 7) is 4.96. The summed E-state index contributed by atoms with van der Waals surface area (Å²) >= 11 is 1.47. The number of hydrogen-bond acceptors (Lipinski definition) is 6. The lowest BCUT2D eigenvalue weighted by Gasteiger charge is -2.36. The van der Waals surface area contributed by atoms with E-state index in [9.17, 15) is 4.79 Å². The van der Waals surface area contributed by atoms with Gasteiger partial charge in [0.05, 0.1) is 11.4 Å². The van der Waals surface area contributed by atoms with Gasteiger partial charge in [0.15, 0.2) is 5.13 Å². The maximum absolute atomic E-state index is 12.8. The van der Waals surface area contributed by atoms with E-state index in [0.717, 1.165) is 56.1 Å². The Hall–Kier alpha value is -2.55. The summed E-state index contributed by atoms with van der Waals surface area (Å²) in [6, 6.07) is 9.92. The number of carbonyl (C=O) groups is 1. The molecule has 1 amide bonds. The molecule has 8 heteroatoms. The van der Waals surface area contributed by atoms with Crippen LogP contribution >= 0.6 is 11.3 Å².